The van der Waals surface area contributed by atoms with Gasteiger partial charge in [-0.2, -0.15) is 4.39 Å². The molecule has 1 fully saturated rings. The summed E-state index contributed by atoms with van der Waals surface area (Å²) in [6.07, 6.45) is 1.52. The zero-order valence-corrected chi connectivity index (χ0v) is 23.9. The number of Topliss-reactive ketones (excluding diaryl/α,β-unsaturated/α-hetero) is 1. The van der Waals surface area contributed by atoms with Crippen molar-refractivity contribution in [2.24, 2.45) is 0 Å². The highest BCUT2D eigenvalue weighted by Gasteiger charge is 2.23. The van der Waals surface area contributed by atoms with Gasteiger partial charge >= 0.3 is 5.69 Å². The third kappa shape index (κ3) is 7.63. The Morgan fingerprint density at radius 2 is 1.65 bits per heavy atom. The highest BCUT2D eigenvalue weighted by Crippen LogP contribution is 2.29. The van der Waals surface area contributed by atoms with Gasteiger partial charge in [0.25, 0.3) is 5.91 Å². The van der Waals surface area contributed by atoms with E-state index in [1.807, 2.05) is 24.3 Å². The maximum Gasteiger partial charge on any atom is 0.305 e. The van der Waals surface area contributed by atoms with Crippen LogP contribution in [0.2, 0.25) is 0 Å². The molecule has 0 spiro atoms. The molecule has 0 bridgehead atoms. The van der Waals surface area contributed by atoms with Gasteiger partial charge in [0.1, 0.15) is 0 Å². The largest absolute Gasteiger partial charge is 0.395 e. The summed E-state index contributed by atoms with van der Waals surface area (Å²) in [4.78, 5) is 41.2. The Labute approximate surface area is 243 Å². The number of hydrogen-bond donors (Lipinski definition) is 1. The summed E-state index contributed by atoms with van der Waals surface area (Å²) in [5.74, 6) is -0.924. The number of hydrogen-bond acceptors (Lipinski definition) is 7. The number of nitro benzene ring substituents is 1. The van der Waals surface area contributed by atoms with Crippen LogP contribution in [0.3, 0.4) is 0 Å². The molecule has 1 amide bonds. The Bertz CT molecular complexity index is 1410. The van der Waals surface area contributed by atoms with E-state index in [4.69, 9.17) is 5.11 Å². The van der Waals surface area contributed by atoms with Crippen molar-refractivity contribution in [3.63, 3.8) is 0 Å². The van der Waals surface area contributed by atoms with Crippen LogP contribution in [0.1, 0.15) is 31.8 Å². The van der Waals surface area contributed by atoms with E-state index in [-0.39, 0.29) is 18.3 Å². The first-order valence-electron chi connectivity index (χ1n) is 12.6. The van der Waals surface area contributed by atoms with Crippen molar-refractivity contribution in [1.82, 2.24) is 9.80 Å². The summed E-state index contributed by atoms with van der Waals surface area (Å²) in [5, 5.41) is 20.3. The molecule has 4 rings (SSSR count). The van der Waals surface area contributed by atoms with Gasteiger partial charge in [-0.25, -0.2) is 0 Å². The number of halogens is 2. The number of thioether (sulfide) groups is 1. The zero-order chi connectivity index (χ0) is 28.6. The highest BCUT2D eigenvalue weighted by atomic mass is 79.9. The predicted molar refractivity (Wildman–Crippen MR) is 157 cm³/mol. The number of amides is 1. The zero-order valence-electron chi connectivity index (χ0n) is 21.5. The second kappa shape index (κ2) is 13.8. The minimum Gasteiger partial charge on any atom is -0.395 e. The van der Waals surface area contributed by atoms with E-state index in [2.05, 4.69) is 20.8 Å². The van der Waals surface area contributed by atoms with E-state index >= 15 is 0 Å². The van der Waals surface area contributed by atoms with Crippen LogP contribution in [0.5, 0.6) is 0 Å². The molecule has 0 aliphatic carbocycles. The lowest BCUT2D eigenvalue weighted by Gasteiger charge is -2.34. The molecule has 3 aromatic carbocycles. The molecule has 0 radical (unpaired) electrons. The number of β-amino-alcohol motifs (C(OH)–C–C–N with tert-alkyl or cyclic N) is 1. The summed E-state index contributed by atoms with van der Waals surface area (Å²) in [5.41, 5.74) is 1.45. The summed E-state index contributed by atoms with van der Waals surface area (Å²) in [7, 11) is 0. The van der Waals surface area contributed by atoms with Crippen molar-refractivity contribution < 1.29 is 24.0 Å². The fourth-order valence-electron chi connectivity index (χ4n) is 4.23. The average Bonchev–Trinajstić information content (AvgIpc) is 2.96. The van der Waals surface area contributed by atoms with Gasteiger partial charge in [-0.05, 0) is 47.5 Å². The second-order valence-corrected chi connectivity index (χ2v) is 11.1. The van der Waals surface area contributed by atoms with Gasteiger partial charge in [0, 0.05) is 60.1 Å². The van der Waals surface area contributed by atoms with E-state index in [1.165, 1.54) is 23.9 Å². The van der Waals surface area contributed by atoms with Crippen molar-refractivity contribution in [1.29, 1.82) is 0 Å². The molecular weight excluding hydrogens is 601 g/mol. The summed E-state index contributed by atoms with van der Waals surface area (Å²) >= 11 is 4.67. The summed E-state index contributed by atoms with van der Waals surface area (Å²) in [6.45, 7) is 3.16. The lowest BCUT2D eigenvalue weighted by molar-refractivity contribution is -0.387. The standard InChI is InChI=1S/C29H27BrFN3O5S/c30-24-8-1-20(2-9-24)19-40-27(18-21-3-10-25(31)26(17-21)34(38)39)28(36)22-4-6-23(7-5-22)29(37)33-13-11-32(12-14-33)15-16-35/h1-10,17-18,35H,11-16,19H2/b27-18+. The van der Waals surface area contributed by atoms with Crippen LogP contribution in [-0.4, -0.2) is 70.9 Å². The molecule has 8 nitrogen and oxygen atoms in total. The first-order valence-corrected chi connectivity index (χ1v) is 14.3. The monoisotopic (exact) mass is 627 g/mol. The molecule has 1 aliphatic rings. The van der Waals surface area contributed by atoms with Gasteiger partial charge in [0.05, 0.1) is 16.4 Å². The van der Waals surface area contributed by atoms with Gasteiger partial charge in [-0.15, -0.1) is 11.8 Å². The number of aliphatic hydroxyl groups excluding tert-OH is 1. The SMILES string of the molecule is O=C(/C(=C\c1ccc(F)c([N+](=O)[O-])c1)SCc1ccc(Br)cc1)c1ccc(C(=O)N2CCN(CCO)CC2)cc1. The van der Waals surface area contributed by atoms with E-state index in [0.717, 1.165) is 22.2 Å². The van der Waals surface area contributed by atoms with Crippen LogP contribution >= 0.6 is 27.7 Å². The van der Waals surface area contributed by atoms with Crippen molar-refractivity contribution in [3.8, 4) is 0 Å². The Kier molecular flexibility index (Phi) is 10.2. The molecule has 0 aromatic heterocycles. The third-order valence-corrected chi connectivity index (χ3v) is 8.09. The highest BCUT2D eigenvalue weighted by molar-refractivity contribution is 9.10. The van der Waals surface area contributed by atoms with Gasteiger partial charge in [0.2, 0.25) is 5.82 Å². The maximum absolute atomic E-state index is 13.9. The average molecular weight is 629 g/mol. The van der Waals surface area contributed by atoms with Crippen LogP contribution in [0.4, 0.5) is 10.1 Å². The first-order chi connectivity index (χ1) is 19.2. The molecule has 3 aromatic rings. The molecular formula is C29H27BrFN3O5S. The fourth-order valence-corrected chi connectivity index (χ4v) is 5.48. The lowest BCUT2D eigenvalue weighted by Crippen LogP contribution is -2.49. The van der Waals surface area contributed by atoms with Gasteiger partial charge in [0.15, 0.2) is 5.78 Å². The number of nitro groups is 1. The fraction of sp³-hybridized carbons (Fsp3) is 0.241. The van der Waals surface area contributed by atoms with Crippen molar-refractivity contribution in [2.75, 3.05) is 39.3 Å². The Morgan fingerprint density at radius 3 is 2.27 bits per heavy atom. The van der Waals surface area contributed by atoms with Crippen LogP contribution in [0, 0.1) is 15.9 Å². The van der Waals surface area contributed by atoms with Gasteiger partial charge < -0.3 is 10.0 Å². The number of rotatable bonds is 10. The molecule has 1 heterocycles. The van der Waals surface area contributed by atoms with Crippen LogP contribution in [-0.2, 0) is 5.75 Å². The van der Waals surface area contributed by atoms with E-state index in [0.29, 0.717) is 60.1 Å². The minimum atomic E-state index is -0.951. The van der Waals surface area contributed by atoms with E-state index < -0.39 is 16.4 Å². The summed E-state index contributed by atoms with van der Waals surface area (Å²) in [6, 6.07) is 17.6. The first kappa shape index (κ1) is 29.6. The molecule has 208 valence electrons. The number of carbonyl (C=O) groups excluding carboxylic acids is 2. The molecule has 0 saturated carbocycles. The molecule has 1 aliphatic heterocycles. The smallest absolute Gasteiger partial charge is 0.305 e. The van der Waals surface area contributed by atoms with E-state index in [9.17, 15) is 24.1 Å². The number of ketones is 1. The van der Waals surface area contributed by atoms with Crippen molar-refractivity contribution in [2.45, 2.75) is 5.75 Å². The van der Waals surface area contributed by atoms with Crippen molar-refractivity contribution in [3.05, 3.63) is 114 Å². The topological polar surface area (TPSA) is 104 Å². The van der Waals surface area contributed by atoms with Gasteiger partial charge in [-0.1, -0.05) is 46.3 Å². The molecule has 0 unspecified atom stereocenters. The maximum atomic E-state index is 13.9. The van der Waals surface area contributed by atoms with Crippen molar-refractivity contribution >= 4 is 51.1 Å². The molecule has 1 saturated heterocycles. The lowest BCUT2D eigenvalue weighted by atomic mass is 10.1. The molecule has 0 atom stereocenters. The Hall–Kier alpha value is -3.38. The molecule has 1 N–H and O–H groups in total. The molecule has 11 heteroatoms. The van der Waals surface area contributed by atoms with E-state index in [1.54, 1.807) is 29.2 Å². The quantitative estimate of drug-likeness (QED) is 0.139. The number of piperazine rings is 1. The predicted octanol–water partition coefficient (Wildman–Crippen LogP) is 5.40. The molecule has 40 heavy (non-hydrogen) atoms. The third-order valence-electron chi connectivity index (χ3n) is 6.47. The number of carbonyl (C=O) groups is 2. The number of allylic oxidation sites excluding steroid dienone is 1. The minimum absolute atomic E-state index is 0.0827. The van der Waals surface area contributed by atoms with Crippen LogP contribution in [0.25, 0.3) is 6.08 Å². The van der Waals surface area contributed by atoms with Crippen LogP contribution < -0.4 is 0 Å². The normalized spacial score (nSPS) is 14.3. The Balaban J connectivity index is 1.55. The second-order valence-electron chi connectivity index (χ2n) is 9.16. The number of aliphatic hydroxyl groups is 1. The Morgan fingerprint density at radius 1 is 1.00 bits per heavy atom. The summed E-state index contributed by atoms with van der Waals surface area (Å²) < 4.78 is 14.8. The number of nitrogens with zero attached hydrogens (tertiary/aromatic N) is 3. The van der Waals surface area contributed by atoms with Crippen LogP contribution in [0.15, 0.2) is 76.1 Å². The number of benzene rings is 3. The van der Waals surface area contributed by atoms with Gasteiger partial charge in [-0.3, -0.25) is 24.6 Å².